The predicted octanol–water partition coefficient (Wildman–Crippen LogP) is 2.88. The highest BCUT2D eigenvalue weighted by Crippen LogP contribution is 2.24. The Morgan fingerprint density at radius 3 is 2.50 bits per heavy atom. The molecule has 0 aliphatic rings. The van der Waals surface area contributed by atoms with Crippen molar-refractivity contribution in [2.75, 3.05) is 6.61 Å². The summed E-state index contributed by atoms with van der Waals surface area (Å²) in [6.07, 6.45) is 1.62. The zero-order valence-corrected chi connectivity index (χ0v) is 13.6. The Balaban J connectivity index is 2.56. The first-order chi connectivity index (χ1) is 10.3. The number of esters is 1. The van der Waals surface area contributed by atoms with E-state index in [1.807, 2.05) is 27.7 Å². The van der Waals surface area contributed by atoms with Gasteiger partial charge in [-0.05, 0) is 32.8 Å². The molecule has 2 aromatic rings. The molecule has 2 aromatic heterocycles. The second-order valence-corrected chi connectivity index (χ2v) is 5.95. The van der Waals surface area contributed by atoms with Crippen molar-refractivity contribution in [2.24, 2.45) is 0 Å². The Kier molecular flexibility index (Phi) is 4.59. The highest BCUT2D eigenvalue weighted by atomic mass is 16.5. The average molecular weight is 303 g/mol. The van der Waals surface area contributed by atoms with E-state index >= 15 is 0 Å². The summed E-state index contributed by atoms with van der Waals surface area (Å²) in [7, 11) is 0. The minimum absolute atomic E-state index is 0.133. The standard InChI is InChI=1S/C16H21N3O3/c1-9(2)14-6-12(16(21)22-8-11(5)20)13-7-17-19(10(3)4)15(13)18-14/h6-7,9-10H,8H2,1-5H3. The second kappa shape index (κ2) is 6.25. The fourth-order valence-corrected chi connectivity index (χ4v) is 2.12. The number of carbonyl (C=O) groups is 2. The molecule has 6 nitrogen and oxygen atoms in total. The summed E-state index contributed by atoms with van der Waals surface area (Å²) in [6, 6.07) is 1.86. The van der Waals surface area contributed by atoms with E-state index in [1.165, 1.54) is 6.92 Å². The number of ether oxygens (including phenoxy) is 1. The molecule has 2 rings (SSSR count). The van der Waals surface area contributed by atoms with Gasteiger partial charge in [-0.15, -0.1) is 0 Å². The van der Waals surface area contributed by atoms with E-state index in [-0.39, 0.29) is 24.3 Å². The van der Waals surface area contributed by atoms with Gasteiger partial charge in [0.15, 0.2) is 11.4 Å². The van der Waals surface area contributed by atoms with Crippen molar-refractivity contribution in [1.82, 2.24) is 14.8 Å². The summed E-state index contributed by atoms with van der Waals surface area (Å²) in [5.41, 5.74) is 1.86. The lowest BCUT2D eigenvalue weighted by molar-refractivity contribution is -0.120. The van der Waals surface area contributed by atoms with Gasteiger partial charge in [-0.3, -0.25) is 4.79 Å². The van der Waals surface area contributed by atoms with Gasteiger partial charge < -0.3 is 4.74 Å². The van der Waals surface area contributed by atoms with Crippen LogP contribution in [-0.4, -0.2) is 33.1 Å². The van der Waals surface area contributed by atoms with E-state index < -0.39 is 5.97 Å². The topological polar surface area (TPSA) is 74.1 Å². The molecule has 0 bridgehead atoms. The molecule has 0 radical (unpaired) electrons. The van der Waals surface area contributed by atoms with Crippen molar-refractivity contribution in [3.63, 3.8) is 0 Å². The molecule has 0 spiro atoms. The number of aromatic nitrogens is 3. The molecule has 0 N–H and O–H groups in total. The second-order valence-electron chi connectivity index (χ2n) is 5.95. The maximum atomic E-state index is 12.3. The first-order valence-corrected chi connectivity index (χ1v) is 7.36. The lowest BCUT2D eigenvalue weighted by atomic mass is 10.1. The van der Waals surface area contributed by atoms with Crippen LogP contribution in [0.25, 0.3) is 11.0 Å². The van der Waals surface area contributed by atoms with E-state index in [1.54, 1.807) is 16.9 Å². The van der Waals surface area contributed by atoms with E-state index in [0.717, 1.165) is 5.69 Å². The average Bonchev–Trinajstić information content (AvgIpc) is 2.87. The van der Waals surface area contributed by atoms with Crippen LogP contribution in [-0.2, 0) is 9.53 Å². The van der Waals surface area contributed by atoms with Gasteiger partial charge in [-0.2, -0.15) is 5.10 Å². The fourth-order valence-electron chi connectivity index (χ4n) is 2.12. The van der Waals surface area contributed by atoms with Crippen LogP contribution < -0.4 is 0 Å². The molecule has 0 amide bonds. The largest absolute Gasteiger partial charge is 0.454 e. The summed E-state index contributed by atoms with van der Waals surface area (Å²) in [5.74, 6) is -0.548. The first kappa shape index (κ1) is 16.1. The van der Waals surface area contributed by atoms with Crippen LogP contribution in [0.3, 0.4) is 0 Å². The van der Waals surface area contributed by atoms with Crippen LogP contribution in [0, 0.1) is 0 Å². The van der Waals surface area contributed by atoms with Gasteiger partial charge >= 0.3 is 5.97 Å². The number of Topliss-reactive ketones (excluding diaryl/α,β-unsaturated/α-hetero) is 1. The third-order valence-electron chi connectivity index (χ3n) is 3.29. The Labute approximate surface area is 129 Å². The molecule has 0 atom stereocenters. The van der Waals surface area contributed by atoms with Crippen molar-refractivity contribution in [2.45, 2.75) is 46.6 Å². The minimum atomic E-state index is -0.521. The number of hydrogen-bond donors (Lipinski definition) is 0. The molecule has 2 heterocycles. The van der Waals surface area contributed by atoms with Crippen LogP contribution >= 0.6 is 0 Å². The third-order valence-corrected chi connectivity index (χ3v) is 3.29. The molecule has 0 aromatic carbocycles. The number of rotatable bonds is 5. The highest BCUT2D eigenvalue weighted by Gasteiger charge is 2.20. The normalized spacial score (nSPS) is 11.4. The SMILES string of the molecule is CC(=O)COC(=O)c1cc(C(C)C)nc2c1cnn2C(C)C. The smallest absolute Gasteiger partial charge is 0.339 e. The quantitative estimate of drug-likeness (QED) is 0.794. The Morgan fingerprint density at radius 2 is 1.95 bits per heavy atom. The van der Waals surface area contributed by atoms with Gasteiger partial charge in [0.2, 0.25) is 0 Å². The summed E-state index contributed by atoms with van der Waals surface area (Å²) in [6.45, 7) is 9.18. The number of nitrogens with zero attached hydrogens (tertiary/aromatic N) is 3. The van der Waals surface area contributed by atoms with Crippen LogP contribution in [0.2, 0.25) is 0 Å². The van der Waals surface area contributed by atoms with Crippen LogP contribution in [0.15, 0.2) is 12.3 Å². The Hall–Kier alpha value is -2.24. The molecule has 0 fully saturated rings. The van der Waals surface area contributed by atoms with Gasteiger partial charge in [-0.25, -0.2) is 14.5 Å². The van der Waals surface area contributed by atoms with Gasteiger partial charge in [-0.1, -0.05) is 13.8 Å². The van der Waals surface area contributed by atoms with Crippen molar-refractivity contribution >= 4 is 22.8 Å². The van der Waals surface area contributed by atoms with Crippen molar-refractivity contribution in [1.29, 1.82) is 0 Å². The molecule has 0 aliphatic carbocycles. The van der Waals surface area contributed by atoms with Crippen LogP contribution in [0.5, 0.6) is 0 Å². The number of carbonyl (C=O) groups excluding carboxylic acids is 2. The van der Waals surface area contributed by atoms with Gasteiger partial charge in [0.1, 0.15) is 6.61 Å². The zero-order valence-electron chi connectivity index (χ0n) is 13.6. The number of hydrogen-bond acceptors (Lipinski definition) is 5. The summed E-state index contributed by atoms with van der Waals surface area (Å²) in [5, 5.41) is 4.96. The number of fused-ring (bicyclic) bond motifs is 1. The lowest BCUT2D eigenvalue weighted by Crippen LogP contribution is -2.13. The van der Waals surface area contributed by atoms with Gasteiger partial charge in [0, 0.05) is 11.7 Å². The molecule has 0 aliphatic heterocycles. The molecule has 0 saturated heterocycles. The molecule has 6 heteroatoms. The molecule has 22 heavy (non-hydrogen) atoms. The van der Waals surface area contributed by atoms with E-state index in [2.05, 4.69) is 10.1 Å². The van der Waals surface area contributed by atoms with Crippen molar-refractivity contribution in [3.8, 4) is 0 Å². The molecular formula is C16H21N3O3. The maximum Gasteiger partial charge on any atom is 0.339 e. The van der Waals surface area contributed by atoms with E-state index in [4.69, 9.17) is 4.74 Å². The molecule has 0 unspecified atom stereocenters. The number of ketones is 1. The fraction of sp³-hybridized carbons (Fsp3) is 0.500. The molecular weight excluding hydrogens is 282 g/mol. The van der Waals surface area contributed by atoms with Gasteiger partial charge in [0.05, 0.1) is 17.1 Å². The summed E-state index contributed by atoms with van der Waals surface area (Å²) < 4.78 is 6.83. The Bertz CT molecular complexity index is 717. The van der Waals surface area contributed by atoms with Crippen molar-refractivity contribution < 1.29 is 14.3 Å². The highest BCUT2D eigenvalue weighted by molar-refractivity contribution is 6.03. The van der Waals surface area contributed by atoms with Gasteiger partial charge in [0.25, 0.3) is 0 Å². The number of pyridine rings is 1. The van der Waals surface area contributed by atoms with Crippen LogP contribution in [0.4, 0.5) is 0 Å². The van der Waals surface area contributed by atoms with Crippen LogP contribution in [0.1, 0.15) is 62.6 Å². The molecule has 0 saturated carbocycles. The summed E-state index contributed by atoms with van der Waals surface area (Å²) >= 11 is 0. The summed E-state index contributed by atoms with van der Waals surface area (Å²) in [4.78, 5) is 27.9. The van der Waals surface area contributed by atoms with E-state index in [0.29, 0.717) is 16.6 Å². The zero-order chi connectivity index (χ0) is 16.4. The maximum absolute atomic E-state index is 12.3. The third kappa shape index (κ3) is 3.16. The van der Waals surface area contributed by atoms with Crippen molar-refractivity contribution in [3.05, 3.63) is 23.5 Å². The monoisotopic (exact) mass is 303 g/mol. The van der Waals surface area contributed by atoms with E-state index in [9.17, 15) is 9.59 Å². The first-order valence-electron chi connectivity index (χ1n) is 7.36. The predicted molar refractivity (Wildman–Crippen MR) is 83.0 cm³/mol. The lowest BCUT2D eigenvalue weighted by Gasteiger charge is -2.11. The molecule has 118 valence electrons. The Morgan fingerprint density at radius 1 is 1.27 bits per heavy atom. The minimum Gasteiger partial charge on any atom is -0.454 e.